The minimum Gasteiger partial charge on any atom is -0.506 e. The van der Waals surface area contributed by atoms with Crippen molar-refractivity contribution in [3.05, 3.63) is 69.5 Å². The van der Waals surface area contributed by atoms with Crippen molar-refractivity contribution in [2.45, 2.75) is 23.0 Å². The van der Waals surface area contributed by atoms with Crippen LogP contribution in [0.25, 0.3) is 10.9 Å². The van der Waals surface area contributed by atoms with Crippen molar-refractivity contribution >= 4 is 40.2 Å². The Labute approximate surface area is 165 Å². The molecule has 0 saturated carbocycles. The summed E-state index contributed by atoms with van der Waals surface area (Å²) in [5, 5.41) is 10.9. The van der Waals surface area contributed by atoms with Gasteiger partial charge in [-0.25, -0.2) is 0 Å². The molecular formula is C20H18ClNO4S. The second-order valence-electron chi connectivity index (χ2n) is 5.98. The summed E-state index contributed by atoms with van der Waals surface area (Å²) in [5.41, 5.74) is 1.05. The summed E-state index contributed by atoms with van der Waals surface area (Å²) in [6.45, 7) is 0. The Bertz CT molecular complexity index is 1020. The van der Waals surface area contributed by atoms with E-state index in [2.05, 4.69) is 4.98 Å². The number of aromatic nitrogens is 1. The maximum atomic E-state index is 12.5. The van der Waals surface area contributed by atoms with Gasteiger partial charge in [0.15, 0.2) is 0 Å². The molecule has 5 nitrogen and oxygen atoms in total. The molecule has 0 fully saturated rings. The number of aromatic amines is 1. The Hall–Kier alpha value is -2.44. The summed E-state index contributed by atoms with van der Waals surface area (Å²) in [7, 11) is 1.31. The zero-order chi connectivity index (χ0) is 19.4. The van der Waals surface area contributed by atoms with Crippen LogP contribution in [0.4, 0.5) is 0 Å². The fourth-order valence-corrected chi connectivity index (χ4v) is 4.05. The lowest BCUT2D eigenvalue weighted by molar-refractivity contribution is -0.140. The SMILES string of the molecule is COC(=O)C(CCc1ccccc1)Sc1c(O)c2ccc(Cl)cc2[nH]c1=O. The lowest BCUT2D eigenvalue weighted by Gasteiger charge is -2.15. The van der Waals surface area contributed by atoms with Crippen LogP contribution >= 0.6 is 23.4 Å². The number of H-pyrrole nitrogens is 1. The molecule has 2 N–H and O–H groups in total. The van der Waals surface area contributed by atoms with Gasteiger partial charge in [-0.3, -0.25) is 9.59 Å². The van der Waals surface area contributed by atoms with Crippen molar-refractivity contribution in [3.8, 4) is 5.75 Å². The number of fused-ring (bicyclic) bond motifs is 1. The number of halogens is 1. The number of carbonyl (C=O) groups excluding carboxylic acids is 1. The highest BCUT2D eigenvalue weighted by Crippen LogP contribution is 2.36. The van der Waals surface area contributed by atoms with Crippen LogP contribution in [0.1, 0.15) is 12.0 Å². The quantitative estimate of drug-likeness (QED) is 0.477. The molecule has 0 aliphatic heterocycles. The van der Waals surface area contributed by atoms with Gasteiger partial charge in [0.05, 0.1) is 12.6 Å². The van der Waals surface area contributed by atoms with E-state index in [1.807, 2.05) is 30.3 Å². The standard InChI is InChI=1S/C20H18ClNO4S/c1-26-20(25)16(10-7-12-5-3-2-4-6-12)27-18-17(23)14-9-8-13(21)11-15(14)22-19(18)24/h2-6,8-9,11,16H,7,10H2,1H3,(H2,22,23,24). The van der Waals surface area contributed by atoms with Gasteiger partial charge in [-0.05, 0) is 36.6 Å². The summed E-state index contributed by atoms with van der Waals surface area (Å²) in [6, 6.07) is 14.6. The predicted molar refractivity (Wildman–Crippen MR) is 108 cm³/mol. The Morgan fingerprint density at radius 1 is 1.26 bits per heavy atom. The second kappa shape index (κ2) is 8.50. The third-order valence-corrected chi connectivity index (χ3v) is 5.73. The van der Waals surface area contributed by atoms with E-state index in [0.717, 1.165) is 17.3 Å². The molecule has 2 aromatic carbocycles. The number of ether oxygens (including phenoxy) is 1. The van der Waals surface area contributed by atoms with Crippen LogP contribution in [-0.2, 0) is 16.0 Å². The van der Waals surface area contributed by atoms with Crippen LogP contribution in [0, 0.1) is 0 Å². The lowest BCUT2D eigenvalue weighted by Crippen LogP contribution is -2.21. The predicted octanol–water partition coefficient (Wildman–Crippen LogP) is 4.15. The average Bonchev–Trinajstić information content (AvgIpc) is 2.67. The number of rotatable bonds is 6. The number of esters is 1. The number of aryl methyl sites for hydroxylation is 1. The van der Waals surface area contributed by atoms with E-state index in [9.17, 15) is 14.7 Å². The van der Waals surface area contributed by atoms with Crippen molar-refractivity contribution in [1.29, 1.82) is 0 Å². The summed E-state index contributed by atoms with van der Waals surface area (Å²) in [6.07, 6.45) is 1.12. The molecule has 0 radical (unpaired) electrons. The highest BCUT2D eigenvalue weighted by molar-refractivity contribution is 8.00. The zero-order valence-corrected chi connectivity index (χ0v) is 16.1. The normalized spacial score (nSPS) is 12.1. The third-order valence-electron chi connectivity index (χ3n) is 4.17. The summed E-state index contributed by atoms with van der Waals surface area (Å²) < 4.78 is 4.88. The minimum atomic E-state index is -0.619. The third kappa shape index (κ3) is 4.46. The van der Waals surface area contributed by atoms with E-state index in [0.29, 0.717) is 28.8 Å². The molecule has 0 saturated heterocycles. The highest BCUT2D eigenvalue weighted by atomic mass is 35.5. The Kier molecular flexibility index (Phi) is 6.08. The minimum absolute atomic E-state index is 0.0910. The van der Waals surface area contributed by atoms with Gasteiger partial charge < -0.3 is 14.8 Å². The first-order valence-electron chi connectivity index (χ1n) is 8.32. The van der Waals surface area contributed by atoms with Crippen molar-refractivity contribution in [2.75, 3.05) is 7.11 Å². The number of hydrogen-bond acceptors (Lipinski definition) is 5. The fourth-order valence-electron chi connectivity index (χ4n) is 2.79. The molecule has 0 aliphatic carbocycles. The van der Waals surface area contributed by atoms with Gasteiger partial charge in [-0.15, -0.1) is 11.8 Å². The van der Waals surface area contributed by atoms with Crippen molar-refractivity contribution in [1.82, 2.24) is 4.98 Å². The average molecular weight is 404 g/mol. The Morgan fingerprint density at radius 3 is 2.70 bits per heavy atom. The largest absolute Gasteiger partial charge is 0.506 e. The van der Waals surface area contributed by atoms with Gasteiger partial charge >= 0.3 is 5.97 Å². The molecule has 0 amide bonds. The van der Waals surface area contributed by atoms with Crippen LogP contribution < -0.4 is 5.56 Å². The molecule has 1 unspecified atom stereocenters. The topological polar surface area (TPSA) is 79.4 Å². The maximum Gasteiger partial charge on any atom is 0.319 e. The number of aromatic hydroxyl groups is 1. The molecular weight excluding hydrogens is 386 g/mol. The Balaban J connectivity index is 1.90. The van der Waals surface area contributed by atoms with Gasteiger partial charge in [-0.1, -0.05) is 41.9 Å². The van der Waals surface area contributed by atoms with Crippen LogP contribution in [-0.4, -0.2) is 28.4 Å². The van der Waals surface area contributed by atoms with Gasteiger partial charge in [0.1, 0.15) is 15.9 Å². The van der Waals surface area contributed by atoms with E-state index >= 15 is 0 Å². The molecule has 0 bridgehead atoms. The number of benzene rings is 2. The van der Waals surface area contributed by atoms with Gasteiger partial charge in [0, 0.05) is 10.4 Å². The summed E-state index contributed by atoms with van der Waals surface area (Å²) >= 11 is 6.95. The van der Waals surface area contributed by atoms with Crippen molar-refractivity contribution in [2.24, 2.45) is 0 Å². The summed E-state index contributed by atoms with van der Waals surface area (Å²) in [4.78, 5) is 27.5. The maximum absolute atomic E-state index is 12.5. The molecule has 7 heteroatoms. The molecule has 1 heterocycles. The fraction of sp³-hybridized carbons (Fsp3) is 0.200. The number of pyridine rings is 1. The van der Waals surface area contributed by atoms with Crippen LogP contribution in [0.15, 0.2) is 58.2 Å². The molecule has 3 aromatic rings. The highest BCUT2D eigenvalue weighted by Gasteiger charge is 2.24. The molecule has 1 atom stereocenters. The first kappa shape index (κ1) is 19.3. The molecule has 140 valence electrons. The first-order chi connectivity index (χ1) is 13.0. The molecule has 1 aromatic heterocycles. The number of nitrogens with one attached hydrogen (secondary N) is 1. The van der Waals surface area contributed by atoms with Gasteiger partial charge in [0.2, 0.25) is 0 Å². The van der Waals surface area contributed by atoms with Gasteiger partial charge in [0.25, 0.3) is 5.56 Å². The van der Waals surface area contributed by atoms with E-state index in [4.69, 9.17) is 16.3 Å². The second-order valence-corrected chi connectivity index (χ2v) is 7.63. The van der Waals surface area contributed by atoms with Crippen LogP contribution in [0.2, 0.25) is 5.02 Å². The van der Waals surface area contributed by atoms with Crippen LogP contribution in [0.5, 0.6) is 5.75 Å². The van der Waals surface area contributed by atoms with Crippen molar-refractivity contribution in [3.63, 3.8) is 0 Å². The zero-order valence-electron chi connectivity index (χ0n) is 14.6. The number of methoxy groups -OCH3 is 1. The van der Waals surface area contributed by atoms with E-state index in [-0.39, 0.29) is 10.6 Å². The lowest BCUT2D eigenvalue weighted by atomic mass is 10.1. The van der Waals surface area contributed by atoms with E-state index < -0.39 is 16.8 Å². The van der Waals surface area contributed by atoms with E-state index in [1.54, 1.807) is 18.2 Å². The van der Waals surface area contributed by atoms with E-state index in [1.165, 1.54) is 7.11 Å². The smallest absolute Gasteiger partial charge is 0.319 e. The summed E-state index contributed by atoms with van der Waals surface area (Å²) in [5.74, 6) is -0.602. The number of thioether (sulfide) groups is 1. The first-order valence-corrected chi connectivity index (χ1v) is 9.58. The number of hydrogen-bond donors (Lipinski definition) is 2. The van der Waals surface area contributed by atoms with Crippen molar-refractivity contribution < 1.29 is 14.6 Å². The molecule has 0 aliphatic rings. The molecule has 3 rings (SSSR count). The monoisotopic (exact) mass is 403 g/mol. The molecule has 27 heavy (non-hydrogen) atoms. The molecule has 0 spiro atoms. The van der Waals surface area contributed by atoms with Gasteiger partial charge in [-0.2, -0.15) is 0 Å². The Morgan fingerprint density at radius 2 is 2.00 bits per heavy atom. The van der Waals surface area contributed by atoms with Crippen LogP contribution in [0.3, 0.4) is 0 Å². The number of carbonyl (C=O) groups is 1.